The van der Waals surface area contributed by atoms with Crippen LogP contribution in [-0.2, 0) is 9.59 Å². The smallest absolute Gasteiger partial charge is 0.263 e. The molecule has 7 heteroatoms. The van der Waals surface area contributed by atoms with Gasteiger partial charge in [-0.3, -0.25) is 9.59 Å². The molecular weight excluding hydrogens is 323 g/mol. The number of benzene rings is 2. The zero-order chi connectivity index (χ0) is 17.7. The summed E-state index contributed by atoms with van der Waals surface area (Å²) in [4.78, 5) is 26.6. The lowest BCUT2D eigenvalue weighted by Crippen LogP contribution is -2.40. The van der Waals surface area contributed by atoms with Gasteiger partial charge in [0.25, 0.3) is 11.8 Å². The quantitative estimate of drug-likeness (QED) is 0.791. The molecule has 2 aliphatic rings. The molecule has 25 heavy (non-hydrogen) atoms. The number of carbonyl (C=O) groups is 2. The summed E-state index contributed by atoms with van der Waals surface area (Å²) in [5.41, 5.74) is 3.11. The van der Waals surface area contributed by atoms with Crippen molar-refractivity contribution in [1.82, 2.24) is 0 Å². The fraction of sp³-hybridized carbons (Fsp3) is 0.222. The van der Waals surface area contributed by atoms with Gasteiger partial charge in [-0.15, -0.1) is 0 Å². The molecule has 1 fully saturated rings. The van der Waals surface area contributed by atoms with Gasteiger partial charge in [0.05, 0.1) is 11.4 Å². The molecule has 2 aromatic carbocycles. The SMILES string of the molecule is Cc1ccc(N2N=N[C@H]3C(=O)N(c4ccc(F)cc4)C(=O)[C@@H]32)c(C)c1. The molecule has 0 bridgehead atoms. The minimum Gasteiger partial charge on any atom is -0.271 e. The third kappa shape index (κ3) is 2.31. The maximum Gasteiger partial charge on any atom is 0.263 e. The first-order chi connectivity index (χ1) is 12.0. The van der Waals surface area contributed by atoms with Crippen LogP contribution in [0.4, 0.5) is 15.8 Å². The molecule has 0 saturated carbocycles. The van der Waals surface area contributed by atoms with Crippen molar-refractivity contribution in [2.24, 2.45) is 10.3 Å². The molecule has 0 aliphatic carbocycles. The van der Waals surface area contributed by atoms with Gasteiger partial charge in [-0.05, 0) is 49.7 Å². The largest absolute Gasteiger partial charge is 0.271 e. The van der Waals surface area contributed by atoms with Gasteiger partial charge in [-0.1, -0.05) is 22.9 Å². The second kappa shape index (κ2) is 5.47. The van der Waals surface area contributed by atoms with E-state index in [1.165, 1.54) is 29.3 Å². The van der Waals surface area contributed by atoms with Crippen molar-refractivity contribution in [2.45, 2.75) is 25.9 Å². The predicted molar refractivity (Wildman–Crippen MR) is 89.7 cm³/mol. The maximum absolute atomic E-state index is 13.1. The van der Waals surface area contributed by atoms with Gasteiger partial charge in [0.15, 0.2) is 12.1 Å². The minimum atomic E-state index is -0.877. The molecule has 1 saturated heterocycles. The highest BCUT2D eigenvalue weighted by atomic mass is 19.1. The van der Waals surface area contributed by atoms with E-state index in [2.05, 4.69) is 10.3 Å². The van der Waals surface area contributed by atoms with Crippen LogP contribution in [0.5, 0.6) is 0 Å². The predicted octanol–water partition coefficient (Wildman–Crippen LogP) is 2.94. The van der Waals surface area contributed by atoms with E-state index in [9.17, 15) is 14.0 Å². The molecule has 0 unspecified atom stereocenters. The molecule has 2 amide bonds. The van der Waals surface area contributed by atoms with Crippen molar-refractivity contribution < 1.29 is 14.0 Å². The Labute approximate surface area is 143 Å². The summed E-state index contributed by atoms with van der Waals surface area (Å²) >= 11 is 0. The average Bonchev–Trinajstić information content (AvgIpc) is 3.10. The first kappa shape index (κ1) is 15.4. The van der Waals surface area contributed by atoms with Crippen LogP contribution in [0.15, 0.2) is 52.8 Å². The average molecular weight is 338 g/mol. The summed E-state index contributed by atoms with van der Waals surface area (Å²) in [6.07, 6.45) is 0. The molecule has 0 radical (unpaired) electrons. The van der Waals surface area contributed by atoms with Crippen molar-refractivity contribution in [3.63, 3.8) is 0 Å². The summed E-state index contributed by atoms with van der Waals surface area (Å²) in [6, 6.07) is 9.33. The first-order valence-electron chi connectivity index (χ1n) is 7.88. The summed E-state index contributed by atoms with van der Waals surface area (Å²) in [7, 11) is 0. The monoisotopic (exact) mass is 338 g/mol. The van der Waals surface area contributed by atoms with Crippen molar-refractivity contribution in [2.75, 3.05) is 9.91 Å². The van der Waals surface area contributed by atoms with Crippen LogP contribution in [0.3, 0.4) is 0 Å². The second-order valence-electron chi connectivity index (χ2n) is 6.22. The number of halogens is 1. The van der Waals surface area contributed by atoms with Gasteiger partial charge >= 0.3 is 0 Å². The number of imide groups is 1. The van der Waals surface area contributed by atoms with Gasteiger partial charge in [-0.2, -0.15) is 5.11 Å². The molecule has 126 valence electrons. The highest BCUT2D eigenvalue weighted by Crippen LogP contribution is 2.36. The molecule has 0 aromatic heterocycles. The standard InChI is InChI=1S/C18H15FN4O2/c1-10-3-8-14(11(2)9-10)23-16-15(20-21-23)17(24)22(18(16)25)13-6-4-12(19)5-7-13/h3-9,15-16H,1-2H3/t15-,16-/m1/s1. The van der Waals surface area contributed by atoms with Gasteiger partial charge in [0.2, 0.25) is 0 Å². The van der Waals surface area contributed by atoms with Crippen LogP contribution < -0.4 is 9.91 Å². The second-order valence-corrected chi connectivity index (χ2v) is 6.22. The van der Waals surface area contributed by atoms with Crippen LogP contribution >= 0.6 is 0 Å². The zero-order valence-electron chi connectivity index (χ0n) is 13.7. The lowest BCUT2D eigenvalue weighted by molar-refractivity contribution is -0.121. The Morgan fingerprint density at radius 1 is 1.00 bits per heavy atom. The van der Waals surface area contributed by atoms with Crippen LogP contribution in [0.1, 0.15) is 11.1 Å². The highest BCUT2D eigenvalue weighted by Gasteiger charge is 2.55. The number of fused-ring (bicyclic) bond motifs is 1. The Morgan fingerprint density at radius 3 is 2.40 bits per heavy atom. The Hall–Kier alpha value is -3.09. The number of hydrogen-bond donors (Lipinski definition) is 0. The van der Waals surface area contributed by atoms with Gasteiger partial charge in [-0.25, -0.2) is 14.3 Å². The number of aryl methyl sites for hydroxylation is 2. The molecule has 2 aromatic rings. The Morgan fingerprint density at radius 2 is 1.72 bits per heavy atom. The van der Waals surface area contributed by atoms with Crippen LogP contribution in [0, 0.1) is 19.7 Å². The third-order valence-electron chi connectivity index (χ3n) is 4.47. The number of hydrogen-bond acceptors (Lipinski definition) is 5. The summed E-state index contributed by atoms with van der Waals surface area (Å²) in [6.45, 7) is 3.90. The molecule has 6 nitrogen and oxygen atoms in total. The van der Waals surface area contributed by atoms with Crippen LogP contribution in [0.25, 0.3) is 0 Å². The lowest BCUT2D eigenvalue weighted by Gasteiger charge is -2.22. The Bertz CT molecular complexity index is 910. The maximum atomic E-state index is 13.1. The number of amides is 2. The summed E-state index contributed by atoms with van der Waals surface area (Å²) in [5.74, 6) is -1.29. The number of carbonyl (C=O) groups excluding carboxylic acids is 2. The van der Waals surface area contributed by atoms with E-state index in [1.54, 1.807) is 0 Å². The van der Waals surface area contributed by atoms with Crippen molar-refractivity contribution in [3.8, 4) is 0 Å². The topological polar surface area (TPSA) is 65.3 Å². The van der Waals surface area contributed by atoms with Crippen LogP contribution in [-0.4, -0.2) is 23.9 Å². The number of rotatable bonds is 2. The van der Waals surface area contributed by atoms with E-state index >= 15 is 0 Å². The fourth-order valence-corrected chi connectivity index (χ4v) is 3.27. The van der Waals surface area contributed by atoms with Crippen LogP contribution in [0.2, 0.25) is 0 Å². The minimum absolute atomic E-state index is 0.335. The molecule has 0 spiro atoms. The molecule has 2 aliphatic heterocycles. The highest BCUT2D eigenvalue weighted by molar-refractivity contribution is 6.26. The third-order valence-corrected chi connectivity index (χ3v) is 4.47. The van der Waals surface area contributed by atoms with Crippen molar-refractivity contribution in [1.29, 1.82) is 0 Å². The molecule has 0 N–H and O–H groups in total. The van der Waals surface area contributed by atoms with Gasteiger partial charge < -0.3 is 0 Å². The first-order valence-corrected chi connectivity index (χ1v) is 7.88. The van der Waals surface area contributed by atoms with Gasteiger partial charge in [0.1, 0.15) is 5.82 Å². The van der Waals surface area contributed by atoms with E-state index in [4.69, 9.17) is 0 Å². The van der Waals surface area contributed by atoms with Crippen molar-refractivity contribution >= 4 is 23.2 Å². The van der Waals surface area contributed by atoms with E-state index in [0.29, 0.717) is 5.69 Å². The molecule has 4 rings (SSSR count). The van der Waals surface area contributed by atoms with E-state index in [-0.39, 0.29) is 0 Å². The number of anilines is 2. The lowest BCUT2D eigenvalue weighted by atomic mass is 10.1. The van der Waals surface area contributed by atoms with Gasteiger partial charge in [0, 0.05) is 0 Å². The van der Waals surface area contributed by atoms with E-state index in [1.807, 2.05) is 32.0 Å². The zero-order valence-corrected chi connectivity index (χ0v) is 13.7. The summed E-state index contributed by atoms with van der Waals surface area (Å²) in [5, 5.41) is 9.57. The Kier molecular flexibility index (Phi) is 3.38. The number of nitrogens with zero attached hydrogens (tertiary/aromatic N) is 4. The van der Waals surface area contributed by atoms with E-state index < -0.39 is 29.7 Å². The van der Waals surface area contributed by atoms with Crippen molar-refractivity contribution in [3.05, 3.63) is 59.4 Å². The summed E-state index contributed by atoms with van der Waals surface area (Å²) < 4.78 is 13.1. The molecular formula is C18H15FN4O2. The normalized spacial score (nSPS) is 22.0. The fourth-order valence-electron chi connectivity index (χ4n) is 3.27. The Balaban J connectivity index is 1.71. The molecule has 2 heterocycles. The molecule has 2 atom stereocenters. The van der Waals surface area contributed by atoms with E-state index in [0.717, 1.165) is 21.7 Å².